The van der Waals surface area contributed by atoms with E-state index in [0.29, 0.717) is 0 Å². The second-order valence-electron chi connectivity index (χ2n) is 7.54. The Labute approximate surface area is 166 Å². The molecule has 1 nitrogen and oxygen atoms in total. The van der Waals surface area contributed by atoms with E-state index in [9.17, 15) is 0 Å². The predicted molar refractivity (Wildman–Crippen MR) is 123 cm³/mol. The van der Waals surface area contributed by atoms with Crippen LogP contribution < -0.4 is 0 Å². The first-order chi connectivity index (χ1) is 12.5. The molecule has 154 valence electrons. The van der Waals surface area contributed by atoms with Gasteiger partial charge in [-0.15, -0.1) is 0 Å². The van der Waals surface area contributed by atoms with Crippen LogP contribution in [0.2, 0.25) is 0 Å². The van der Waals surface area contributed by atoms with Crippen LogP contribution in [0.25, 0.3) is 0 Å². The lowest BCUT2D eigenvalue weighted by Crippen LogP contribution is -2.12. The van der Waals surface area contributed by atoms with Crippen molar-refractivity contribution in [2.24, 2.45) is 16.8 Å². The number of aliphatic imine (C=N–C) groups is 1. The molecule has 0 aliphatic carbocycles. The first-order valence-corrected chi connectivity index (χ1v) is 11.4. The molecule has 0 bridgehead atoms. The van der Waals surface area contributed by atoms with Gasteiger partial charge in [0.05, 0.1) is 0 Å². The molecule has 26 heavy (non-hydrogen) atoms. The Hall–Kier alpha value is -0.850. The SMILES string of the molecule is C=C(CC(CCCC)C(C)CCCCC)N=C/C=C(\C)CCCC.CC. The summed E-state index contributed by atoms with van der Waals surface area (Å²) in [6, 6.07) is 0. The van der Waals surface area contributed by atoms with Crippen molar-refractivity contribution in [2.75, 3.05) is 0 Å². The van der Waals surface area contributed by atoms with Gasteiger partial charge in [0.15, 0.2) is 0 Å². The number of hydrogen-bond acceptors (Lipinski definition) is 1. The summed E-state index contributed by atoms with van der Waals surface area (Å²) in [5.74, 6) is 1.54. The lowest BCUT2D eigenvalue weighted by Gasteiger charge is -2.24. The third kappa shape index (κ3) is 16.6. The lowest BCUT2D eigenvalue weighted by molar-refractivity contribution is 0.300. The van der Waals surface area contributed by atoms with Crippen LogP contribution in [-0.4, -0.2) is 6.21 Å². The van der Waals surface area contributed by atoms with Crippen molar-refractivity contribution in [2.45, 2.75) is 119 Å². The zero-order valence-electron chi connectivity index (χ0n) is 19.2. The van der Waals surface area contributed by atoms with Crippen LogP contribution in [0.5, 0.6) is 0 Å². The van der Waals surface area contributed by atoms with Crippen LogP contribution >= 0.6 is 0 Å². The molecule has 0 N–H and O–H groups in total. The lowest BCUT2D eigenvalue weighted by atomic mass is 9.83. The fourth-order valence-corrected chi connectivity index (χ4v) is 3.17. The Kier molecular flexibility index (Phi) is 21.5. The molecule has 0 aromatic heterocycles. The maximum atomic E-state index is 4.60. The molecule has 0 saturated carbocycles. The van der Waals surface area contributed by atoms with Crippen molar-refractivity contribution in [1.82, 2.24) is 0 Å². The molecule has 2 atom stereocenters. The van der Waals surface area contributed by atoms with Gasteiger partial charge in [0.1, 0.15) is 0 Å². The molecule has 0 rings (SSSR count). The second kappa shape index (κ2) is 20.5. The summed E-state index contributed by atoms with van der Waals surface area (Å²) in [5, 5.41) is 0. The van der Waals surface area contributed by atoms with Gasteiger partial charge >= 0.3 is 0 Å². The van der Waals surface area contributed by atoms with E-state index in [-0.39, 0.29) is 0 Å². The van der Waals surface area contributed by atoms with Crippen molar-refractivity contribution < 1.29 is 0 Å². The first-order valence-electron chi connectivity index (χ1n) is 11.4. The molecule has 0 heterocycles. The van der Waals surface area contributed by atoms with E-state index in [4.69, 9.17) is 0 Å². The highest BCUT2D eigenvalue weighted by molar-refractivity contribution is 5.73. The summed E-state index contributed by atoms with van der Waals surface area (Å²) in [6.07, 6.45) is 18.2. The Morgan fingerprint density at radius 3 is 2.12 bits per heavy atom. The molecule has 0 spiro atoms. The summed E-state index contributed by atoms with van der Waals surface area (Å²) in [7, 11) is 0. The first kappa shape index (κ1) is 27.4. The molecular weight excluding hydrogens is 314 g/mol. The number of allylic oxidation sites excluding steroid dienone is 3. The Morgan fingerprint density at radius 2 is 1.54 bits per heavy atom. The topological polar surface area (TPSA) is 12.4 Å². The molecule has 0 aromatic rings. The van der Waals surface area contributed by atoms with E-state index >= 15 is 0 Å². The molecule has 0 aliphatic rings. The maximum absolute atomic E-state index is 4.60. The molecule has 0 aliphatic heterocycles. The van der Waals surface area contributed by atoms with Gasteiger partial charge in [-0.1, -0.05) is 98.6 Å². The van der Waals surface area contributed by atoms with E-state index in [0.717, 1.165) is 24.0 Å². The van der Waals surface area contributed by atoms with Crippen molar-refractivity contribution >= 4 is 6.21 Å². The summed E-state index contributed by atoms with van der Waals surface area (Å²) in [6.45, 7) is 19.7. The molecule has 0 radical (unpaired) electrons. The van der Waals surface area contributed by atoms with E-state index in [1.54, 1.807) is 0 Å². The second-order valence-corrected chi connectivity index (χ2v) is 7.54. The van der Waals surface area contributed by atoms with Crippen molar-refractivity contribution in [1.29, 1.82) is 0 Å². The van der Waals surface area contributed by atoms with Crippen molar-refractivity contribution in [3.05, 3.63) is 23.9 Å². The fraction of sp³-hybridized carbons (Fsp3) is 0.800. The van der Waals surface area contributed by atoms with Crippen LogP contribution in [-0.2, 0) is 0 Å². The molecule has 0 amide bonds. The minimum atomic E-state index is 0.747. The Bertz CT molecular complexity index is 364. The number of hydrogen-bond donors (Lipinski definition) is 0. The number of nitrogens with zero attached hydrogens (tertiary/aromatic N) is 1. The van der Waals surface area contributed by atoms with Crippen LogP contribution in [0.15, 0.2) is 28.9 Å². The van der Waals surface area contributed by atoms with Gasteiger partial charge in [-0.2, -0.15) is 0 Å². The van der Waals surface area contributed by atoms with Gasteiger partial charge in [-0.3, -0.25) is 4.99 Å². The predicted octanol–water partition coefficient (Wildman–Crippen LogP) is 9.15. The van der Waals surface area contributed by atoms with Gasteiger partial charge < -0.3 is 0 Å². The molecule has 0 saturated heterocycles. The zero-order chi connectivity index (χ0) is 20.2. The Balaban J connectivity index is 0. The van der Waals surface area contributed by atoms with Crippen LogP contribution in [0.1, 0.15) is 119 Å². The fourth-order valence-electron chi connectivity index (χ4n) is 3.17. The smallest absolute Gasteiger partial charge is 0.0334 e. The zero-order valence-corrected chi connectivity index (χ0v) is 19.2. The van der Waals surface area contributed by atoms with Crippen molar-refractivity contribution in [3.63, 3.8) is 0 Å². The quantitative estimate of drug-likeness (QED) is 0.203. The van der Waals surface area contributed by atoms with Gasteiger partial charge in [0, 0.05) is 11.9 Å². The third-order valence-corrected chi connectivity index (χ3v) is 5.03. The highest BCUT2D eigenvalue weighted by Crippen LogP contribution is 2.29. The van der Waals surface area contributed by atoms with Crippen LogP contribution in [0.4, 0.5) is 0 Å². The Morgan fingerprint density at radius 1 is 0.923 bits per heavy atom. The molecule has 2 unspecified atom stereocenters. The van der Waals surface area contributed by atoms with Gasteiger partial charge in [-0.05, 0) is 50.5 Å². The van der Waals surface area contributed by atoms with E-state index < -0.39 is 0 Å². The van der Waals surface area contributed by atoms with Gasteiger partial charge in [0.25, 0.3) is 0 Å². The molecular formula is C25H49N. The van der Waals surface area contributed by atoms with Gasteiger partial charge in [0.2, 0.25) is 0 Å². The summed E-state index contributed by atoms with van der Waals surface area (Å²) in [5.41, 5.74) is 2.47. The monoisotopic (exact) mass is 363 g/mol. The summed E-state index contributed by atoms with van der Waals surface area (Å²) < 4.78 is 0. The maximum Gasteiger partial charge on any atom is 0.0334 e. The minimum Gasteiger partial charge on any atom is -0.262 e. The third-order valence-electron chi connectivity index (χ3n) is 5.03. The van der Waals surface area contributed by atoms with E-state index in [2.05, 4.69) is 52.3 Å². The van der Waals surface area contributed by atoms with Crippen LogP contribution in [0.3, 0.4) is 0 Å². The number of rotatable bonds is 15. The minimum absolute atomic E-state index is 0.747. The van der Waals surface area contributed by atoms with Crippen LogP contribution in [0, 0.1) is 11.8 Å². The number of unbranched alkanes of at least 4 members (excludes halogenated alkanes) is 4. The average molecular weight is 364 g/mol. The summed E-state index contributed by atoms with van der Waals surface area (Å²) in [4.78, 5) is 4.60. The van der Waals surface area contributed by atoms with E-state index in [1.807, 2.05) is 20.1 Å². The largest absolute Gasteiger partial charge is 0.262 e. The van der Waals surface area contributed by atoms with E-state index in [1.165, 1.54) is 69.8 Å². The molecule has 1 heteroatoms. The highest BCUT2D eigenvalue weighted by Gasteiger charge is 2.17. The highest BCUT2D eigenvalue weighted by atomic mass is 14.7. The average Bonchev–Trinajstić information content (AvgIpc) is 2.65. The van der Waals surface area contributed by atoms with Crippen molar-refractivity contribution in [3.8, 4) is 0 Å². The molecule has 0 aromatic carbocycles. The molecule has 0 fully saturated rings. The van der Waals surface area contributed by atoms with Gasteiger partial charge in [-0.25, -0.2) is 0 Å². The normalized spacial score (nSPS) is 14.0. The summed E-state index contributed by atoms with van der Waals surface area (Å²) >= 11 is 0. The standard InChI is InChI=1S/C23H43N.C2H6/c1-7-10-13-15-21(5)23(16-12-9-3)19-22(6)24-18-17-20(4)14-11-8-2;1-2/h17-18,21,23H,6-16,19H2,1-5H3;1-2H3/b20-17+,24-18?;.